The molecular formula is C14H15F3N2O3. The number of hydrogen-bond acceptors (Lipinski definition) is 4. The maximum atomic E-state index is 12.3. The molecule has 2 aliphatic rings. The number of nitrogens with zero attached hydrogens (tertiary/aromatic N) is 1. The molecule has 1 N–H and O–H groups in total. The van der Waals surface area contributed by atoms with Gasteiger partial charge in [-0.2, -0.15) is 0 Å². The Bertz CT molecular complexity index is 577. The van der Waals surface area contributed by atoms with Crippen LogP contribution in [0, 0.1) is 0 Å². The second kappa shape index (κ2) is 5.68. The van der Waals surface area contributed by atoms with E-state index in [9.17, 15) is 18.0 Å². The number of halogens is 3. The molecule has 1 aromatic carbocycles. The fourth-order valence-corrected chi connectivity index (χ4v) is 2.82. The van der Waals surface area contributed by atoms with Crippen LogP contribution in [0.15, 0.2) is 18.2 Å². The summed E-state index contributed by atoms with van der Waals surface area (Å²) in [5.74, 6) is 0.00240. The van der Waals surface area contributed by atoms with Crippen molar-refractivity contribution >= 4 is 5.91 Å². The molecule has 3 rings (SSSR count). The van der Waals surface area contributed by atoms with Crippen LogP contribution in [-0.4, -0.2) is 43.4 Å². The Balaban J connectivity index is 1.85. The predicted molar refractivity (Wildman–Crippen MR) is 70.6 cm³/mol. The van der Waals surface area contributed by atoms with Gasteiger partial charge < -0.3 is 19.7 Å². The zero-order chi connectivity index (χ0) is 15.7. The summed E-state index contributed by atoms with van der Waals surface area (Å²) in [4.78, 5) is 13.8. The van der Waals surface area contributed by atoms with Crippen molar-refractivity contribution in [2.45, 2.75) is 18.8 Å². The number of piperazine rings is 1. The van der Waals surface area contributed by atoms with Gasteiger partial charge in [0.1, 0.15) is 11.5 Å². The first kappa shape index (κ1) is 15.0. The van der Waals surface area contributed by atoms with Crippen LogP contribution in [0.3, 0.4) is 0 Å². The summed E-state index contributed by atoms with van der Waals surface area (Å²) in [5, 5.41) is 2.99. The van der Waals surface area contributed by atoms with Gasteiger partial charge in [-0.15, -0.1) is 13.2 Å². The summed E-state index contributed by atoms with van der Waals surface area (Å²) < 4.78 is 46.1. The molecule has 2 heterocycles. The highest BCUT2D eigenvalue weighted by Gasteiger charge is 2.34. The van der Waals surface area contributed by atoms with Gasteiger partial charge in [-0.1, -0.05) is 0 Å². The summed E-state index contributed by atoms with van der Waals surface area (Å²) in [6, 6.07) is 3.84. The molecule has 1 aromatic rings. The van der Waals surface area contributed by atoms with E-state index in [4.69, 9.17) is 4.74 Å². The number of nitrogens with one attached hydrogen (secondary N) is 1. The second-order valence-corrected chi connectivity index (χ2v) is 5.16. The van der Waals surface area contributed by atoms with Crippen LogP contribution in [0.4, 0.5) is 13.2 Å². The number of amides is 1. The third-order valence-electron chi connectivity index (χ3n) is 3.73. The van der Waals surface area contributed by atoms with Crippen LogP contribution >= 0.6 is 0 Å². The highest BCUT2D eigenvalue weighted by molar-refractivity contribution is 5.79. The van der Waals surface area contributed by atoms with Crippen molar-refractivity contribution in [3.8, 4) is 11.5 Å². The van der Waals surface area contributed by atoms with Crippen LogP contribution in [0.25, 0.3) is 0 Å². The number of fused-ring (bicyclic) bond motifs is 1. The van der Waals surface area contributed by atoms with Crippen LogP contribution in [-0.2, 0) is 4.79 Å². The first-order valence-corrected chi connectivity index (χ1v) is 6.97. The predicted octanol–water partition coefficient (Wildman–Crippen LogP) is 1.84. The second-order valence-electron chi connectivity index (χ2n) is 5.16. The smallest absolute Gasteiger partial charge is 0.493 e. The zero-order valence-corrected chi connectivity index (χ0v) is 11.7. The highest BCUT2D eigenvalue weighted by atomic mass is 19.4. The maximum absolute atomic E-state index is 12.3. The fraction of sp³-hybridized carbons (Fsp3) is 0.500. The van der Waals surface area contributed by atoms with Crippen molar-refractivity contribution < 1.29 is 27.4 Å². The van der Waals surface area contributed by atoms with E-state index in [0.29, 0.717) is 31.9 Å². The minimum Gasteiger partial charge on any atom is -0.493 e. The van der Waals surface area contributed by atoms with E-state index in [-0.39, 0.29) is 24.2 Å². The third-order valence-corrected chi connectivity index (χ3v) is 3.73. The van der Waals surface area contributed by atoms with Gasteiger partial charge in [0.05, 0.1) is 19.2 Å². The first-order chi connectivity index (χ1) is 10.4. The van der Waals surface area contributed by atoms with Gasteiger partial charge in [-0.25, -0.2) is 0 Å². The molecule has 0 aliphatic carbocycles. The Morgan fingerprint density at radius 1 is 1.36 bits per heavy atom. The van der Waals surface area contributed by atoms with Crippen molar-refractivity contribution in [1.82, 2.24) is 10.2 Å². The molecule has 22 heavy (non-hydrogen) atoms. The minimum atomic E-state index is -4.74. The number of carbonyl (C=O) groups is 1. The standard InChI is InChI=1S/C14H15F3N2O3/c15-14(16,17)22-9-1-2-10-11(3-6-21-12(10)7-9)19-5-4-18-8-13(19)20/h1-2,7,11,18H,3-6,8H2. The summed E-state index contributed by atoms with van der Waals surface area (Å²) >= 11 is 0. The van der Waals surface area contributed by atoms with Crippen molar-refractivity contribution in [1.29, 1.82) is 0 Å². The van der Waals surface area contributed by atoms with E-state index in [1.165, 1.54) is 18.2 Å². The number of hydrogen-bond donors (Lipinski definition) is 1. The Morgan fingerprint density at radius 2 is 2.18 bits per heavy atom. The lowest BCUT2D eigenvalue weighted by molar-refractivity contribution is -0.274. The van der Waals surface area contributed by atoms with Crippen LogP contribution in [0.2, 0.25) is 0 Å². The SMILES string of the molecule is O=C1CNCCN1C1CCOc2cc(OC(F)(F)F)ccc21. The Kier molecular flexibility index (Phi) is 3.86. The van der Waals surface area contributed by atoms with Crippen molar-refractivity contribution in [3.63, 3.8) is 0 Å². The summed E-state index contributed by atoms with van der Waals surface area (Å²) in [7, 11) is 0. The molecule has 0 radical (unpaired) electrons. The molecule has 1 saturated heterocycles. The lowest BCUT2D eigenvalue weighted by Crippen LogP contribution is -2.50. The molecule has 0 bridgehead atoms. The Morgan fingerprint density at radius 3 is 2.91 bits per heavy atom. The molecule has 1 amide bonds. The molecule has 0 spiro atoms. The summed E-state index contributed by atoms with van der Waals surface area (Å²) in [5.41, 5.74) is 0.719. The fourth-order valence-electron chi connectivity index (χ4n) is 2.82. The lowest BCUT2D eigenvalue weighted by Gasteiger charge is -2.38. The molecular weight excluding hydrogens is 301 g/mol. The number of ether oxygens (including phenoxy) is 2. The lowest BCUT2D eigenvalue weighted by atomic mass is 9.98. The number of alkyl halides is 3. The Hall–Kier alpha value is -1.96. The minimum absolute atomic E-state index is 0.0141. The third kappa shape index (κ3) is 3.11. The molecule has 1 atom stereocenters. The first-order valence-electron chi connectivity index (χ1n) is 6.97. The van der Waals surface area contributed by atoms with E-state index in [2.05, 4.69) is 10.1 Å². The van der Waals surface area contributed by atoms with Gasteiger partial charge >= 0.3 is 6.36 Å². The summed E-state index contributed by atoms with van der Waals surface area (Å²) in [6.07, 6.45) is -4.12. The molecule has 0 saturated carbocycles. The monoisotopic (exact) mass is 316 g/mol. The average molecular weight is 316 g/mol. The van der Waals surface area contributed by atoms with Crippen LogP contribution in [0.1, 0.15) is 18.0 Å². The maximum Gasteiger partial charge on any atom is 0.573 e. The van der Waals surface area contributed by atoms with Gasteiger partial charge in [0, 0.05) is 31.1 Å². The molecule has 120 valence electrons. The number of benzene rings is 1. The van der Waals surface area contributed by atoms with E-state index in [1.54, 1.807) is 4.90 Å². The van der Waals surface area contributed by atoms with Crippen molar-refractivity contribution in [2.24, 2.45) is 0 Å². The van der Waals surface area contributed by atoms with E-state index in [1.807, 2.05) is 0 Å². The number of carbonyl (C=O) groups excluding carboxylic acids is 1. The molecule has 2 aliphatic heterocycles. The normalized spacial score (nSPS) is 22.0. The number of rotatable bonds is 2. The van der Waals surface area contributed by atoms with E-state index >= 15 is 0 Å². The topological polar surface area (TPSA) is 50.8 Å². The molecule has 5 nitrogen and oxygen atoms in total. The van der Waals surface area contributed by atoms with Gasteiger partial charge in [0.25, 0.3) is 0 Å². The van der Waals surface area contributed by atoms with Gasteiger partial charge in [0.15, 0.2) is 0 Å². The molecule has 8 heteroatoms. The largest absolute Gasteiger partial charge is 0.573 e. The molecule has 1 unspecified atom stereocenters. The van der Waals surface area contributed by atoms with Gasteiger partial charge in [-0.3, -0.25) is 4.79 Å². The van der Waals surface area contributed by atoms with Crippen molar-refractivity contribution in [3.05, 3.63) is 23.8 Å². The Labute approximate surface area is 125 Å². The highest BCUT2D eigenvalue weighted by Crippen LogP contribution is 2.39. The van der Waals surface area contributed by atoms with Gasteiger partial charge in [0.2, 0.25) is 5.91 Å². The molecule has 0 aromatic heterocycles. The average Bonchev–Trinajstić information content (AvgIpc) is 2.45. The zero-order valence-electron chi connectivity index (χ0n) is 11.7. The molecule has 1 fully saturated rings. The van der Waals surface area contributed by atoms with Crippen LogP contribution < -0.4 is 14.8 Å². The van der Waals surface area contributed by atoms with Crippen LogP contribution in [0.5, 0.6) is 11.5 Å². The van der Waals surface area contributed by atoms with E-state index in [0.717, 1.165) is 5.56 Å². The van der Waals surface area contributed by atoms with E-state index < -0.39 is 6.36 Å². The summed E-state index contributed by atoms with van der Waals surface area (Å²) in [6.45, 7) is 1.91. The van der Waals surface area contributed by atoms with Crippen molar-refractivity contribution in [2.75, 3.05) is 26.2 Å². The quantitative estimate of drug-likeness (QED) is 0.904. The van der Waals surface area contributed by atoms with Gasteiger partial charge in [-0.05, 0) is 12.1 Å².